The van der Waals surface area contributed by atoms with Crippen LogP contribution in [-0.2, 0) is 0 Å². The summed E-state index contributed by atoms with van der Waals surface area (Å²) in [6.07, 6.45) is 0. The van der Waals surface area contributed by atoms with E-state index in [1.54, 1.807) is 6.07 Å². The first-order valence-corrected chi connectivity index (χ1v) is 7.30. The summed E-state index contributed by atoms with van der Waals surface area (Å²) in [6.45, 7) is 1.99. The van der Waals surface area contributed by atoms with Crippen molar-refractivity contribution in [2.75, 3.05) is 5.32 Å². The summed E-state index contributed by atoms with van der Waals surface area (Å²) in [4.78, 5) is 0. The van der Waals surface area contributed by atoms with Gasteiger partial charge in [-0.15, -0.1) is 0 Å². The average Bonchev–Trinajstić information content (AvgIpc) is 2.39. The van der Waals surface area contributed by atoms with Crippen molar-refractivity contribution in [1.82, 2.24) is 5.32 Å². The summed E-state index contributed by atoms with van der Waals surface area (Å²) < 4.78 is 0. The van der Waals surface area contributed by atoms with E-state index in [0.717, 1.165) is 11.3 Å². The second-order valence-electron chi connectivity index (χ2n) is 4.35. The van der Waals surface area contributed by atoms with Crippen LogP contribution in [0.15, 0.2) is 48.5 Å². The van der Waals surface area contributed by atoms with Crippen molar-refractivity contribution in [1.29, 1.82) is 0 Å². The highest BCUT2D eigenvalue weighted by Gasteiger charge is 2.11. The molecule has 5 heteroatoms. The van der Waals surface area contributed by atoms with E-state index in [9.17, 15) is 0 Å². The topological polar surface area (TPSA) is 24.1 Å². The van der Waals surface area contributed by atoms with Crippen molar-refractivity contribution in [2.45, 2.75) is 13.0 Å². The van der Waals surface area contributed by atoms with Crippen LogP contribution in [0.3, 0.4) is 0 Å². The zero-order chi connectivity index (χ0) is 14.5. The molecule has 2 nitrogen and oxygen atoms in total. The molecule has 0 bridgehead atoms. The Morgan fingerprint density at radius 1 is 1.10 bits per heavy atom. The minimum Gasteiger partial charge on any atom is -0.356 e. The van der Waals surface area contributed by atoms with E-state index >= 15 is 0 Å². The third-order valence-corrected chi connectivity index (χ3v) is 3.59. The molecule has 2 aromatic rings. The van der Waals surface area contributed by atoms with Crippen LogP contribution in [0.4, 0.5) is 5.69 Å². The van der Waals surface area contributed by atoms with Crippen LogP contribution >= 0.6 is 35.4 Å². The Morgan fingerprint density at radius 3 is 2.45 bits per heavy atom. The van der Waals surface area contributed by atoms with E-state index in [1.807, 2.05) is 49.4 Å². The van der Waals surface area contributed by atoms with Crippen LogP contribution in [0.5, 0.6) is 0 Å². The van der Waals surface area contributed by atoms with Crippen LogP contribution in [0.1, 0.15) is 18.5 Å². The Labute approximate surface area is 134 Å². The van der Waals surface area contributed by atoms with Gasteiger partial charge in [-0.3, -0.25) is 0 Å². The molecule has 0 spiro atoms. The molecule has 0 heterocycles. The van der Waals surface area contributed by atoms with Crippen molar-refractivity contribution in [2.24, 2.45) is 0 Å². The molecular formula is C15H14Cl2N2S. The molecule has 0 radical (unpaired) electrons. The van der Waals surface area contributed by atoms with Gasteiger partial charge < -0.3 is 10.6 Å². The Hall–Kier alpha value is -1.29. The van der Waals surface area contributed by atoms with Crippen LogP contribution < -0.4 is 10.6 Å². The van der Waals surface area contributed by atoms with E-state index in [-0.39, 0.29) is 6.04 Å². The highest BCUT2D eigenvalue weighted by atomic mass is 35.5. The van der Waals surface area contributed by atoms with Gasteiger partial charge in [-0.25, -0.2) is 0 Å². The maximum Gasteiger partial charge on any atom is 0.171 e. The van der Waals surface area contributed by atoms with Gasteiger partial charge in [0.1, 0.15) is 0 Å². The molecule has 0 amide bonds. The van der Waals surface area contributed by atoms with Crippen LogP contribution in [-0.4, -0.2) is 5.11 Å². The molecular weight excluding hydrogens is 311 g/mol. The van der Waals surface area contributed by atoms with Crippen LogP contribution in [0.25, 0.3) is 0 Å². The monoisotopic (exact) mass is 324 g/mol. The summed E-state index contributed by atoms with van der Waals surface area (Å²) in [5, 5.41) is 8.12. The summed E-state index contributed by atoms with van der Waals surface area (Å²) in [7, 11) is 0. The van der Waals surface area contributed by atoms with Crippen molar-refractivity contribution >= 4 is 46.2 Å². The fourth-order valence-electron chi connectivity index (χ4n) is 1.82. The number of para-hydroxylation sites is 1. The molecule has 0 fully saturated rings. The first kappa shape index (κ1) is 15.1. The molecule has 2 rings (SSSR count). The molecule has 1 unspecified atom stereocenters. The SMILES string of the molecule is CC(NC(=S)Nc1ccccc1)c1ccc(Cl)cc1Cl. The lowest BCUT2D eigenvalue weighted by Crippen LogP contribution is -2.31. The zero-order valence-electron chi connectivity index (χ0n) is 10.9. The average molecular weight is 325 g/mol. The van der Waals surface area contributed by atoms with Gasteiger partial charge in [-0.2, -0.15) is 0 Å². The summed E-state index contributed by atoms with van der Waals surface area (Å²) in [5.41, 5.74) is 1.90. The van der Waals surface area contributed by atoms with Crippen molar-refractivity contribution in [3.05, 3.63) is 64.1 Å². The molecule has 0 aliphatic heterocycles. The highest BCUT2D eigenvalue weighted by Crippen LogP contribution is 2.26. The normalized spacial score (nSPS) is 11.8. The molecule has 1 atom stereocenters. The van der Waals surface area contributed by atoms with Gasteiger partial charge in [-0.05, 0) is 49.0 Å². The van der Waals surface area contributed by atoms with Crippen molar-refractivity contribution in [3.63, 3.8) is 0 Å². The lowest BCUT2D eigenvalue weighted by atomic mass is 10.1. The second kappa shape index (κ2) is 6.93. The summed E-state index contributed by atoms with van der Waals surface area (Å²) >= 11 is 17.4. The Kier molecular flexibility index (Phi) is 5.24. The quantitative estimate of drug-likeness (QED) is 0.773. The number of anilines is 1. The van der Waals surface area contributed by atoms with Crippen LogP contribution in [0, 0.1) is 0 Å². The predicted molar refractivity (Wildman–Crippen MR) is 90.7 cm³/mol. The number of halogens is 2. The molecule has 0 aromatic heterocycles. The van der Waals surface area contributed by atoms with E-state index in [0.29, 0.717) is 15.2 Å². The Balaban J connectivity index is 2.00. The molecule has 2 N–H and O–H groups in total. The molecule has 0 aliphatic carbocycles. The smallest absolute Gasteiger partial charge is 0.171 e. The standard InChI is InChI=1S/C15H14Cl2N2S/c1-10(13-8-7-11(16)9-14(13)17)18-15(20)19-12-5-3-2-4-6-12/h2-10H,1H3,(H2,18,19,20). The molecule has 0 saturated carbocycles. The van der Waals surface area contributed by atoms with Gasteiger partial charge in [0.05, 0.1) is 6.04 Å². The van der Waals surface area contributed by atoms with Gasteiger partial charge in [0.2, 0.25) is 0 Å². The maximum atomic E-state index is 6.18. The fraction of sp³-hybridized carbons (Fsp3) is 0.133. The van der Waals surface area contributed by atoms with E-state index < -0.39 is 0 Å². The lowest BCUT2D eigenvalue weighted by Gasteiger charge is -2.18. The fourth-order valence-corrected chi connectivity index (χ4v) is 2.68. The summed E-state index contributed by atoms with van der Waals surface area (Å²) in [6, 6.07) is 15.2. The molecule has 104 valence electrons. The number of thiocarbonyl (C=S) groups is 1. The number of hydrogen-bond acceptors (Lipinski definition) is 1. The lowest BCUT2D eigenvalue weighted by molar-refractivity contribution is 0.723. The molecule has 20 heavy (non-hydrogen) atoms. The number of nitrogens with one attached hydrogen (secondary N) is 2. The molecule has 0 aliphatic rings. The molecule has 0 saturated heterocycles. The molecule has 2 aromatic carbocycles. The second-order valence-corrected chi connectivity index (χ2v) is 5.60. The Bertz CT molecular complexity index is 602. The minimum atomic E-state index is -0.0107. The van der Waals surface area contributed by atoms with E-state index in [2.05, 4.69) is 10.6 Å². The minimum absolute atomic E-state index is 0.0107. The third kappa shape index (κ3) is 4.10. The van der Waals surface area contributed by atoms with Gasteiger partial charge in [0.15, 0.2) is 5.11 Å². The van der Waals surface area contributed by atoms with Gasteiger partial charge in [-0.1, -0.05) is 47.5 Å². The van der Waals surface area contributed by atoms with Gasteiger partial charge in [0.25, 0.3) is 0 Å². The number of rotatable bonds is 3. The first-order chi connectivity index (χ1) is 9.56. The zero-order valence-corrected chi connectivity index (χ0v) is 13.2. The van der Waals surface area contributed by atoms with Gasteiger partial charge in [0, 0.05) is 15.7 Å². The van der Waals surface area contributed by atoms with Gasteiger partial charge >= 0.3 is 0 Å². The van der Waals surface area contributed by atoms with E-state index in [4.69, 9.17) is 35.4 Å². The maximum absolute atomic E-state index is 6.18. The first-order valence-electron chi connectivity index (χ1n) is 6.14. The largest absolute Gasteiger partial charge is 0.356 e. The van der Waals surface area contributed by atoms with Crippen LogP contribution in [0.2, 0.25) is 10.0 Å². The summed E-state index contributed by atoms with van der Waals surface area (Å²) in [5.74, 6) is 0. The number of benzene rings is 2. The Morgan fingerprint density at radius 2 is 1.80 bits per heavy atom. The number of hydrogen-bond donors (Lipinski definition) is 2. The predicted octanol–water partition coefficient (Wildman–Crippen LogP) is 5.04. The highest BCUT2D eigenvalue weighted by molar-refractivity contribution is 7.80. The van der Waals surface area contributed by atoms with Crippen molar-refractivity contribution < 1.29 is 0 Å². The van der Waals surface area contributed by atoms with Crippen molar-refractivity contribution in [3.8, 4) is 0 Å². The van der Waals surface area contributed by atoms with E-state index in [1.165, 1.54) is 0 Å². The third-order valence-electron chi connectivity index (χ3n) is 2.81.